The lowest BCUT2D eigenvalue weighted by molar-refractivity contribution is 0.104. The van der Waals surface area contributed by atoms with Gasteiger partial charge < -0.3 is 9.47 Å². The number of nitrogens with zero attached hydrogens (tertiary/aromatic N) is 3. The van der Waals surface area contributed by atoms with Crippen molar-refractivity contribution in [3.05, 3.63) is 41.7 Å². The summed E-state index contributed by atoms with van der Waals surface area (Å²) in [5.74, 6) is 1.76. The highest BCUT2D eigenvalue weighted by molar-refractivity contribution is 5.32. The summed E-state index contributed by atoms with van der Waals surface area (Å²) in [4.78, 5) is 4.77. The van der Waals surface area contributed by atoms with Crippen molar-refractivity contribution in [2.75, 3.05) is 19.8 Å². The fourth-order valence-electron chi connectivity index (χ4n) is 3.39. The van der Waals surface area contributed by atoms with Crippen LogP contribution >= 0.6 is 0 Å². The maximum absolute atomic E-state index is 13.2. The van der Waals surface area contributed by atoms with E-state index in [4.69, 9.17) is 19.6 Å². The first-order valence-electron chi connectivity index (χ1n) is 8.71. The molecule has 3 heterocycles. The first kappa shape index (κ1) is 15.7. The van der Waals surface area contributed by atoms with Gasteiger partial charge in [-0.3, -0.25) is 0 Å². The quantitative estimate of drug-likeness (QED) is 0.845. The van der Waals surface area contributed by atoms with E-state index < -0.39 is 0 Å². The minimum atomic E-state index is -0.246. The Hall–Kier alpha value is -1.79. The lowest BCUT2D eigenvalue weighted by Gasteiger charge is -2.09. The van der Waals surface area contributed by atoms with Crippen LogP contribution in [-0.2, 0) is 15.9 Å². The van der Waals surface area contributed by atoms with Gasteiger partial charge in [-0.15, -0.1) is 0 Å². The molecule has 4 rings (SSSR count). The van der Waals surface area contributed by atoms with Gasteiger partial charge in [0.2, 0.25) is 0 Å². The maximum Gasteiger partial charge on any atom is 0.156 e. The van der Waals surface area contributed by atoms with Gasteiger partial charge in [0.05, 0.1) is 18.4 Å². The Bertz CT molecular complexity index is 674. The SMILES string of the molecule is Fc1ccc(-n2nc(C3CCOC3)nc2CC[C@@H]2CCCO2)cc1. The van der Waals surface area contributed by atoms with E-state index >= 15 is 0 Å². The lowest BCUT2D eigenvalue weighted by Crippen LogP contribution is -2.10. The first-order valence-corrected chi connectivity index (χ1v) is 8.71. The number of hydrogen-bond donors (Lipinski definition) is 0. The zero-order chi connectivity index (χ0) is 16.4. The third kappa shape index (κ3) is 3.35. The van der Waals surface area contributed by atoms with Crippen molar-refractivity contribution in [3.8, 4) is 5.69 Å². The monoisotopic (exact) mass is 331 g/mol. The van der Waals surface area contributed by atoms with E-state index in [0.717, 1.165) is 62.7 Å². The van der Waals surface area contributed by atoms with Crippen molar-refractivity contribution < 1.29 is 13.9 Å². The van der Waals surface area contributed by atoms with Gasteiger partial charge in [-0.25, -0.2) is 14.1 Å². The molecule has 2 aliphatic rings. The summed E-state index contributed by atoms with van der Waals surface area (Å²) in [5, 5.41) is 4.70. The molecule has 2 atom stereocenters. The topological polar surface area (TPSA) is 49.2 Å². The molecule has 0 saturated carbocycles. The standard InChI is InChI=1S/C18H22FN3O2/c19-14-3-5-15(6-4-14)22-17(8-7-16-2-1-10-24-16)20-18(21-22)13-9-11-23-12-13/h3-6,13,16H,1-2,7-12H2/t13?,16-/m0/s1. The Morgan fingerprint density at radius 3 is 2.75 bits per heavy atom. The summed E-state index contributed by atoms with van der Waals surface area (Å²) < 4.78 is 26.3. The number of benzene rings is 1. The van der Waals surface area contributed by atoms with Crippen LogP contribution in [0.2, 0.25) is 0 Å². The predicted octanol–water partition coefficient (Wildman–Crippen LogP) is 3.02. The minimum Gasteiger partial charge on any atom is -0.381 e. The van der Waals surface area contributed by atoms with Gasteiger partial charge in [0.15, 0.2) is 5.82 Å². The molecular formula is C18H22FN3O2. The van der Waals surface area contributed by atoms with Crippen LogP contribution in [0.15, 0.2) is 24.3 Å². The molecule has 2 aliphatic heterocycles. The number of aryl methyl sites for hydroxylation is 1. The molecule has 2 fully saturated rings. The molecule has 128 valence electrons. The van der Waals surface area contributed by atoms with Gasteiger partial charge in [-0.1, -0.05) is 0 Å². The summed E-state index contributed by atoms with van der Waals surface area (Å²) in [7, 11) is 0. The molecule has 2 saturated heterocycles. The molecular weight excluding hydrogens is 309 g/mol. The van der Waals surface area contributed by atoms with E-state index in [9.17, 15) is 4.39 Å². The number of aromatic nitrogens is 3. The van der Waals surface area contributed by atoms with Gasteiger partial charge in [-0.2, -0.15) is 5.10 Å². The Morgan fingerprint density at radius 2 is 2.04 bits per heavy atom. The Morgan fingerprint density at radius 1 is 1.17 bits per heavy atom. The second kappa shape index (κ2) is 6.99. The van der Waals surface area contributed by atoms with Crippen LogP contribution in [-0.4, -0.2) is 40.7 Å². The van der Waals surface area contributed by atoms with Crippen molar-refractivity contribution in [2.45, 2.75) is 44.1 Å². The zero-order valence-corrected chi connectivity index (χ0v) is 13.7. The normalized spacial score (nSPS) is 23.9. The largest absolute Gasteiger partial charge is 0.381 e. The molecule has 0 N–H and O–H groups in total. The lowest BCUT2D eigenvalue weighted by atomic mass is 10.1. The smallest absolute Gasteiger partial charge is 0.156 e. The van der Waals surface area contributed by atoms with Gasteiger partial charge in [-0.05, 0) is 49.9 Å². The molecule has 1 aromatic carbocycles. The molecule has 0 radical (unpaired) electrons. The van der Waals surface area contributed by atoms with Crippen LogP contribution in [0.5, 0.6) is 0 Å². The van der Waals surface area contributed by atoms with E-state index in [1.165, 1.54) is 12.1 Å². The Kier molecular flexibility index (Phi) is 4.58. The fourth-order valence-corrected chi connectivity index (χ4v) is 3.39. The molecule has 0 bridgehead atoms. The second-order valence-electron chi connectivity index (χ2n) is 6.51. The molecule has 6 heteroatoms. The zero-order valence-electron chi connectivity index (χ0n) is 13.7. The van der Waals surface area contributed by atoms with Gasteiger partial charge in [0.25, 0.3) is 0 Å². The fraction of sp³-hybridized carbons (Fsp3) is 0.556. The van der Waals surface area contributed by atoms with Gasteiger partial charge in [0, 0.05) is 25.6 Å². The van der Waals surface area contributed by atoms with Crippen molar-refractivity contribution >= 4 is 0 Å². The van der Waals surface area contributed by atoms with E-state index in [1.54, 1.807) is 12.1 Å². The van der Waals surface area contributed by atoms with Crippen LogP contribution in [0.25, 0.3) is 5.69 Å². The maximum atomic E-state index is 13.2. The van der Waals surface area contributed by atoms with E-state index in [-0.39, 0.29) is 11.7 Å². The summed E-state index contributed by atoms with van der Waals surface area (Å²) in [6.07, 6.45) is 5.29. The van der Waals surface area contributed by atoms with E-state index in [0.29, 0.717) is 12.7 Å². The highest BCUT2D eigenvalue weighted by Gasteiger charge is 2.25. The number of ether oxygens (including phenoxy) is 2. The van der Waals surface area contributed by atoms with Crippen LogP contribution in [0, 0.1) is 5.82 Å². The summed E-state index contributed by atoms with van der Waals surface area (Å²) >= 11 is 0. The van der Waals surface area contributed by atoms with Gasteiger partial charge in [0.1, 0.15) is 11.6 Å². The summed E-state index contributed by atoms with van der Waals surface area (Å²) in [6.45, 7) is 2.31. The molecule has 0 aliphatic carbocycles. The van der Waals surface area contributed by atoms with Crippen molar-refractivity contribution in [3.63, 3.8) is 0 Å². The van der Waals surface area contributed by atoms with Crippen molar-refractivity contribution in [1.29, 1.82) is 0 Å². The number of halogens is 1. The van der Waals surface area contributed by atoms with Gasteiger partial charge >= 0.3 is 0 Å². The number of hydrogen-bond acceptors (Lipinski definition) is 4. The highest BCUT2D eigenvalue weighted by atomic mass is 19.1. The molecule has 5 nitrogen and oxygen atoms in total. The minimum absolute atomic E-state index is 0.246. The molecule has 0 spiro atoms. The third-order valence-corrected chi connectivity index (χ3v) is 4.77. The number of rotatable bonds is 5. The van der Waals surface area contributed by atoms with E-state index in [1.807, 2.05) is 4.68 Å². The van der Waals surface area contributed by atoms with Crippen LogP contribution in [0.3, 0.4) is 0 Å². The average Bonchev–Trinajstić information content (AvgIpc) is 3.34. The van der Waals surface area contributed by atoms with Crippen LogP contribution < -0.4 is 0 Å². The highest BCUT2D eigenvalue weighted by Crippen LogP contribution is 2.25. The van der Waals surface area contributed by atoms with Crippen molar-refractivity contribution in [2.24, 2.45) is 0 Å². The summed E-state index contributed by atoms with van der Waals surface area (Å²) in [5.41, 5.74) is 0.844. The average molecular weight is 331 g/mol. The van der Waals surface area contributed by atoms with Crippen LogP contribution in [0.1, 0.15) is 43.3 Å². The Labute approximate surface area is 140 Å². The Balaban J connectivity index is 1.59. The second-order valence-corrected chi connectivity index (χ2v) is 6.51. The van der Waals surface area contributed by atoms with Crippen LogP contribution in [0.4, 0.5) is 4.39 Å². The first-order chi connectivity index (χ1) is 11.8. The molecule has 0 amide bonds. The predicted molar refractivity (Wildman–Crippen MR) is 86.8 cm³/mol. The molecule has 1 aromatic heterocycles. The molecule has 24 heavy (non-hydrogen) atoms. The molecule has 2 aromatic rings. The summed E-state index contributed by atoms with van der Waals surface area (Å²) in [6, 6.07) is 6.40. The van der Waals surface area contributed by atoms with Crippen molar-refractivity contribution in [1.82, 2.24) is 14.8 Å². The van der Waals surface area contributed by atoms with E-state index in [2.05, 4.69) is 0 Å². The third-order valence-electron chi connectivity index (χ3n) is 4.77. The molecule has 1 unspecified atom stereocenters.